The second-order valence-corrected chi connectivity index (χ2v) is 3.82. The van der Waals surface area contributed by atoms with Gasteiger partial charge in [0.05, 0.1) is 0 Å². The Morgan fingerprint density at radius 2 is 1.60 bits per heavy atom. The molecule has 1 heteroatoms. The average Bonchev–Trinajstić information content (AvgIpc) is 1.81. The number of hydrogen-bond donors (Lipinski definition) is 1. The van der Waals surface area contributed by atoms with Gasteiger partial charge in [0.2, 0.25) is 0 Å². The normalized spacial score (nSPS) is 14.7. The van der Waals surface area contributed by atoms with Crippen LogP contribution in [0.25, 0.3) is 0 Å². The maximum atomic E-state index is 8.95. The first-order chi connectivity index (χ1) is 4.57. The summed E-state index contributed by atoms with van der Waals surface area (Å²) < 4.78 is 0. The van der Waals surface area contributed by atoms with Crippen molar-refractivity contribution in [2.24, 2.45) is 17.8 Å². The van der Waals surface area contributed by atoms with Gasteiger partial charge in [-0.2, -0.15) is 0 Å². The molecule has 0 saturated heterocycles. The monoisotopic (exact) mass is 144 g/mol. The lowest BCUT2D eigenvalue weighted by atomic mass is 9.88. The highest BCUT2D eigenvalue weighted by molar-refractivity contribution is 4.63. The Hall–Kier alpha value is -0.0400. The van der Waals surface area contributed by atoms with Crippen LogP contribution in [0.5, 0.6) is 0 Å². The zero-order valence-corrected chi connectivity index (χ0v) is 7.59. The summed E-state index contributed by atoms with van der Waals surface area (Å²) in [5, 5.41) is 8.95. The van der Waals surface area contributed by atoms with Crippen LogP contribution in [0.1, 0.15) is 34.1 Å². The Morgan fingerprint density at radius 3 is 1.70 bits per heavy atom. The van der Waals surface area contributed by atoms with Crippen molar-refractivity contribution in [2.75, 3.05) is 6.61 Å². The highest BCUT2D eigenvalue weighted by atomic mass is 16.3. The van der Waals surface area contributed by atoms with Crippen LogP contribution >= 0.6 is 0 Å². The maximum Gasteiger partial charge on any atom is 0.0461 e. The predicted octanol–water partition coefficient (Wildman–Crippen LogP) is 2.30. The third-order valence-corrected chi connectivity index (χ3v) is 1.95. The number of hydrogen-bond acceptors (Lipinski definition) is 1. The van der Waals surface area contributed by atoms with Crippen LogP contribution in [-0.4, -0.2) is 11.7 Å². The van der Waals surface area contributed by atoms with Crippen molar-refractivity contribution >= 4 is 0 Å². The first-order valence-corrected chi connectivity index (χ1v) is 4.18. The smallest absolute Gasteiger partial charge is 0.0461 e. The Morgan fingerprint density at radius 1 is 1.10 bits per heavy atom. The lowest BCUT2D eigenvalue weighted by molar-refractivity contribution is 0.168. The Bertz CT molecular complexity index is 76.8. The van der Waals surface area contributed by atoms with E-state index in [0.717, 1.165) is 6.42 Å². The van der Waals surface area contributed by atoms with Crippen LogP contribution in [0, 0.1) is 17.8 Å². The van der Waals surface area contributed by atoms with E-state index in [2.05, 4.69) is 27.7 Å². The molecule has 0 rings (SSSR count). The van der Waals surface area contributed by atoms with Gasteiger partial charge in [-0.05, 0) is 24.2 Å². The van der Waals surface area contributed by atoms with Gasteiger partial charge in [-0.3, -0.25) is 0 Å². The third kappa shape index (κ3) is 3.89. The molecule has 0 aromatic carbocycles. The van der Waals surface area contributed by atoms with Crippen LogP contribution < -0.4 is 0 Å². The molecule has 0 radical (unpaired) electrons. The summed E-state index contributed by atoms with van der Waals surface area (Å²) in [5.41, 5.74) is 0. The molecule has 1 atom stereocenters. The molecule has 0 bridgehead atoms. The molecule has 1 nitrogen and oxygen atoms in total. The Kier molecular flexibility index (Phi) is 4.71. The van der Waals surface area contributed by atoms with Crippen molar-refractivity contribution in [3.05, 3.63) is 0 Å². The fourth-order valence-corrected chi connectivity index (χ4v) is 1.16. The minimum Gasteiger partial charge on any atom is -0.396 e. The summed E-state index contributed by atoms with van der Waals surface area (Å²) in [5.74, 6) is 1.83. The van der Waals surface area contributed by atoms with Crippen molar-refractivity contribution in [1.29, 1.82) is 0 Å². The SMILES string of the molecule is CC(C)C[C@H](CO)C(C)C. The van der Waals surface area contributed by atoms with Gasteiger partial charge in [0.25, 0.3) is 0 Å². The van der Waals surface area contributed by atoms with Crippen LogP contribution in [0.4, 0.5) is 0 Å². The summed E-state index contributed by atoms with van der Waals surface area (Å²) in [7, 11) is 0. The number of rotatable bonds is 4. The van der Waals surface area contributed by atoms with Gasteiger partial charge >= 0.3 is 0 Å². The van der Waals surface area contributed by atoms with Crippen molar-refractivity contribution in [3.63, 3.8) is 0 Å². The maximum absolute atomic E-state index is 8.95. The van der Waals surface area contributed by atoms with E-state index in [-0.39, 0.29) is 0 Å². The largest absolute Gasteiger partial charge is 0.396 e. The summed E-state index contributed by atoms with van der Waals surface area (Å²) >= 11 is 0. The fraction of sp³-hybridized carbons (Fsp3) is 1.00. The lowest BCUT2D eigenvalue weighted by Gasteiger charge is -2.19. The van der Waals surface area contributed by atoms with E-state index in [1.54, 1.807) is 0 Å². The lowest BCUT2D eigenvalue weighted by Crippen LogP contribution is -2.15. The summed E-state index contributed by atoms with van der Waals surface area (Å²) in [4.78, 5) is 0. The molecule has 10 heavy (non-hydrogen) atoms. The first kappa shape index (κ1) is 9.96. The van der Waals surface area contributed by atoms with Crippen molar-refractivity contribution in [2.45, 2.75) is 34.1 Å². The molecular formula is C9H20O. The van der Waals surface area contributed by atoms with Crippen LogP contribution in [-0.2, 0) is 0 Å². The topological polar surface area (TPSA) is 20.2 Å². The number of aliphatic hydroxyl groups is 1. The molecule has 0 aliphatic rings. The second kappa shape index (κ2) is 4.73. The standard InChI is InChI=1S/C9H20O/c1-7(2)5-9(6-10)8(3)4/h7-10H,5-6H2,1-4H3/t9-/m1/s1. The molecule has 1 N–H and O–H groups in total. The zero-order valence-electron chi connectivity index (χ0n) is 7.59. The van der Waals surface area contributed by atoms with Gasteiger partial charge in [0.15, 0.2) is 0 Å². The molecule has 0 unspecified atom stereocenters. The van der Waals surface area contributed by atoms with Gasteiger partial charge in [-0.15, -0.1) is 0 Å². The van der Waals surface area contributed by atoms with Gasteiger partial charge in [0.1, 0.15) is 0 Å². The molecule has 0 aliphatic carbocycles. The van der Waals surface area contributed by atoms with Crippen molar-refractivity contribution < 1.29 is 5.11 Å². The Labute approximate surface area is 64.5 Å². The molecule has 0 fully saturated rings. The van der Waals surface area contributed by atoms with Gasteiger partial charge < -0.3 is 5.11 Å². The molecule has 0 spiro atoms. The van der Waals surface area contributed by atoms with Crippen LogP contribution in [0.3, 0.4) is 0 Å². The molecule has 0 aromatic rings. The quantitative estimate of drug-likeness (QED) is 0.642. The van der Waals surface area contributed by atoms with Gasteiger partial charge in [0, 0.05) is 6.61 Å². The minimum absolute atomic E-state index is 0.343. The van der Waals surface area contributed by atoms with E-state index < -0.39 is 0 Å². The summed E-state index contributed by atoms with van der Waals surface area (Å²) in [6.45, 7) is 9.08. The first-order valence-electron chi connectivity index (χ1n) is 4.18. The van der Waals surface area contributed by atoms with Crippen LogP contribution in [0.15, 0.2) is 0 Å². The summed E-state index contributed by atoms with van der Waals surface area (Å²) in [6.07, 6.45) is 1.15. The average molecular weight is 144 g/mol. The molecule has 0 saturated carbocycles. The van der Waals surface area contributed by atoms with Crippen LogP contribution in [0.2, 0.25) is 0 Å². The zero-order chi connectivity index (χ0) is 8.15. The Balaban J connectivity index is 3.60. The van der Waals surface area contributed by atoms with Gasteiger partial charge in [-0.25, -0.2) is 0 Å². The molecule has 62 valence electrons. The predicted molar refractivity (Wildman–Crippen MR) is 44.9 cm³/mol. The fourth-order valence-electron chi connectivity index (χ4n) is 1.16. The van der Waals surface area contributed by atoms with E-state index in [1.165, 1.54) is 0 Å². The molecule has 0 amide bonds. The van der Waals surface area contributed by atoms with Crippen molar-refractivity contribution in [3.8, 4) is 0 Å². The van der Waals surface area contributed by atoms with Gasteiger partial charge in [-0.1, -0.05) is 27.7 Å². The summed E-state index contributed by atoms with van der Waals surface area (Å²) in [6, 6.07) is 0. The van der Waals surface area contributed by atoms with E-state index >= 15 is 0 Å². The van der Waals surface area contributed by atoms with Crippen molar-refractivity contribution in [1.82, 2.24) is 0 Å². The van der Waals surface area contributed by atoms with E-state index in [1.807, 2.05) is 0 Å². The van der Waals surface area contributed by atoms with E-state index in [4.69, 9.17) is 5.11 Å². The number of aliphatic hydroxyl groups excluding tert-OH is 1. The molecule has 0 heterocycles. The molecule has 0 aromatic heterocycles. The highest BCUT2D eigenvalue weighted by Gasteiger charge is 2.12. The second-order valence-electron chi connectivity index (χ2n) is 3.82. The van der Waals surface area contributed by atoms with E-state index in [0.29, 0.717) is 24.4 Å². The highest BCUT2D eigenvalue weighted by Crippen LogP contribution is 2.18. The third-order valence-electron chi connectivity index (χ3n) is 1.95. The molecule has 0 aliphatic heterocycles. The minimum atomic E-state index is 0.343. The molecular weight excluding hydrogens is 124 g/mol. The van der Waals surface area contributed by atoms with E-state index in [9.17, 15) is 0 Å².